The zero-order chi connectivity index (χ0) is 11.0. The molecular formula is C12H20O2. The molecule has 2 heteroatoms. The molecule has 0 amide bonds. The Morgan fingerprint density at radius 3 is 2.43 bits per heavy atom. The first-order valence-corrected chi connectivity index (χ1v) is 5.04. The number of rotatable bonds is 8. The van der Waals surface area contributed by atoms with Crippen molar-refractivity contribution in [1.82, 2.24) is 0 Å². The Balaban J connectivity index is 3.79. The van der Waals surface area contributed by atoms with Gasteiger partial charge in [-0.05, 0) is 26.2 Å². The normalized spacial score (nSPS) is 14.4. The number of allylic oxidation sites excluding steroid dienone is 1. The second kappa shape index (κ2) is 6.41. The molecule has 0 aromatic heterocycles. The minimum Gasteiger partial charge on any atom is -0.481 e. The van der Waals surface area contributed by atoms with Crippen molar-refractivity contribution < 1.29 is 9.90 Å². The third-order valence-corrected chi connectivity index (χ3v) is 2.54. The molecule has 0 aliphatic heterocycles. The van der Waals surface area contributed by atoms with Crippen LogP contribution in [0.2, 0.25) is 0 Å². The van der Waals surface area contributed by atoms with E-state index in [1.54, 1.807) is 6.92 Å². The smallest absolute Gasteiger partial charge is 0.313 e. The van der Waals surface area contributed by atoms with Gasteiger partial charge >= 0.3 is 5.97 Å². The lowest BCUT2D eigenvalue weighted by molar-refractivity contribution is -0.145. The molecule has 1 N–H and O–H groups in total. The third kappa shape index (κ3) is 4.26. The standard InChI is InChI=1S/C12H20O2/c1-4-6-7-8-9-10-12(3,5-2)11(13)14/h4-5H,1-2,6-10H2,3H3,(H,13,14). The second-order valence-corrected chi connectivity index (χ2v) is 3.81. The summed E-state index contributed by atoms with van der Waals surface area (Å²) in [4.78, 5) is 10.9. The highest BCUT2D eigenvalue weighted by atomic mass is 16.4. The molecule has 2 nitrogen and oxygen atoms in total. The van der Waals surface area contributed by atoms with E-state index in [0.717, 1.165) is 25.7 Å². The SMILES string of the molecule is C=CCCCCCC(C)(C=C)C(=O)O. The fourth-order valence-electron chi connectivity index (χ4n) is 1.25. The summed E-state index contributed by atoms with van der Waals surface area (Å²) in [5.74, 6) is -0.781. The first-order chi connectivity index (χ1) is 6.56. The van der Waals surface area contributed by atoms with Gasteiger partial charge in [0.1, 0.15) is 0 Å². The summed E-state index contributed by atoms with van der Waals surface area (Å²) in [6.45, 7) is 8.93. The van der Waals surface area contributed by atoms with Gasteiger partial charge in [0, 0.05) is 0 Å². The highest BCUT2D eigenvalue weighted by molar-refractivity contribution is 5.76. The van der Waals surface area contributed by atoms with Gasteiger partial charge in [0.15, 0.2) is 0 Å². The first-order valence-electron chi connectivity index (χ1n) is 5.04. The lowest BCUT2D eigenvalue weighted by Gasteiger charge is -2.19. The van der Waals surface area contributed by atoms with Gasteiger partial charge in [0.2, 0.25) is 0 Å². The maximum atomic E-state index is 10.9. The van der Waals surface area contributed by atoms with Gasteiger partial charge in [-0.1, -0.05) is 25.0 Å². The summed E-state index contributed by atoms with van der Waals surface area (Å²) >= 11 is 0. The van der Waals surface area contributed by atoms with Gasteiger partial charge in [-0.2, -0.15) is 0 Å². The maximum Gasteiger partial charge on any atom is 0.313 e. The van der Waals surface area contributed by atoms with Crippen molar-refractivity contribution in [3.8, 4) is 0 Å². The Bertz CT molecular complexity index is 208. The maximum absolute atomic E-state index is 10.9. The average molecular weight is 196 g/mol. The van der Waals surface area contributed by atoms with Crippen LogP contribution in [0.1, 0.15) is 39.0 Å². The fraction of sp³-hybridized carbons (Fsp3) is 0.583. The van der Waals surface area contributed by atoms with Crippen LogP contribution in [0.3, 0.4) is 0 Å². The molecule has 0 aliphatic carbocycles. The van der Waals surface area contributed by atoms with Gasteiger partial charge in [0.05, 0.1) is 5.41 Å². The summed E-state index contributed by atoms with van der Waals surface area (Å²) in [7, 11) is 0. The zero-order valence-electron chi connectivity index (χ0n) is 8.96. The van der Waals surface area contributed by atoms with E-state index >= 15 is 0 Å². The Morgan fingerprint density at radius 2 is 2.00 bits per heavy atom. The van der Waals surface area contributed by atoms with Gasteiger partial charge in [0.25, 0.3) is 0 Å². The van der Waals surface area contributed by atoms with Gasteiger partial charge in [-0.25, -0.2) is 0 Å². The van der Waals surface area contributed by atoms with E-state index < -0.39 is 11.4 Å². The van der Waals surface area contributed by atoms with Crippen molar-refractivity contribution >= 4 is 5.97 Å². The lowest BCUT2D eigenvalue weighted by atomic mass is 9.85. The van der Waals surface area contributed by atoms with E-state index in [2.05, 4.69) is 13.2 Å². The van der Waals surface area contributed by atoms with Crippen molar-refractivity contribution in [3.05, 3.63) is 25.3 Å². The van der Waals surface area contributed by atoms with Crippen LogP contribution in [0, 0.1) is 5.41 Å². The number of carboxylic acid groups (broad SMARTS) is 1. The molecule has 1 atom stereocenters. The molecule has 1 unspecified atom stereocenters. The lowest BCUT2D eigenvalue weighted by Crippen LogP contribution is -2.24. The number of unbranched alkanes of at least 4 members (excludes halogenated alkanes) is 3. The van der Waals surface area contributed by atoms with E-state index in [-0.39, 0.29) is 0 Å². The number of carboxylic acids is 1. The number of aliphatic carboxylic acids is 1. The predicted molar refractivity (Wildman–Crippen MR) is 59.2 cm³/mol. The van der Waals surface area contributed by atoms with Crippen LogP contribution in [0.5, 0.6) is 0 Å². The average Bonchev–Trinajstić information content (AvgIpc) is 2.17. The van der Waals surface area contributed by atoms with Crippen LogP contribution in [0.25, 0.3) is 0 Å². The zero-order valence-corrected chi connectivity index (χ0v) is 8.96. The van der Waals surface area contributed by atoms with Crippen molar-refractivity contribution in [2.75, 3.05) is 0 Å². The molecule has 0 bridgehead atoms. The Hall–Kier alpha value is -1.05. The second-order valence-electron chi connectivity index (χ2n) is 3.81. The molecule has 80 valence electrons. The molecule has 0 saturated carbocycles. The van der Waals surface area contributed by atoms with Crippen LogP contribution in [-0.2, 0) is 4.79 Å². The van der Waals surface area contributed by atoms with Crippen molar-refractivity contribution in [1.29, 1.82) is 0 Å². The van der Waals surface area contributed by atoms with Crippen molar-refractivity contribution in [3.63, 3.8) is 0 Å². The van der Waals surface area contributed by atoms with Crippen molar-refractivity contribution in [2.45, 2.75) is 39.0 Å². The van der Waals surface area contributed by atoms with E-state index in [9.17, 15) is 4.79 Å². The Kier molecular flexibility index (Phi) is 5.93. The highest BCUT2D eigenvalue weighted by Crippen LogP contribution is 2.26. The van der Waals surface area contributed by atoms with E-state index in [1.165, 1.54) is 6.08 Å². The summed E-state index contributed by atoms with van der Waals surface area (Å²) < 4.78 is 0. The van der Waals surface area contributed by atoms with Crippen molar-refractivity contribution in [2.24, 2.45) is 5.41 Å². The van der Waals surface area contributed by atoms with Gasteiger partial charge in [-0.3, -0.25) is 4.79 Å². The van der Waals surface area contributed by atoms with Gasteiger partial charge < -0.3 is 5.11 Å². The predicted octanol–water partition coefficient (Wildman–Crippen LogP) is 3.40. The molecule has 0 aromatic rings. The molecule has 0 radical (unpaired) electrons. The van der Waals surface area contributed by atoms with E-state index in [0.29, 0.717) is 6.42 Å². The minimum absolute atomic E-state index is 0.670. The summed E-state index contributed by atoms with van der Waals surface area (Å²) in [5, 5.41) is 8.95. The quantitative estimate of drug-likeness (QED) is 0.477. The minimum atomic E-state index is -0.781. The Morgan fingerprint density at radius 1 is 1.36 bits per heavy atom. The van der Waals surface area contributed by atoms with Crippen LogP contribution in [-0.4, -0.2) is 11.1 Å². The highest BCUT2D eigenvalue weighted by Gasteiger charge is 2.28. The van der Waals surface area contributed by atoms with Crippen LogP contribution >= 0.6 is 0 Å². The molecule has 0 heterocycles. The van der Waals surface area contributed by atoms with E-state index in [4.69, 9.17) is 5.11 Å². The van der Waals surface area contributed by atoms with Gasteiger partial charge in [-0.15, -0.1) is 13.2 Å². The molecular weight excluding hydrogens is 176 g/mol. The molecule has 0 fully saturated rings. The Labute approximate surface area is 86.3 Å². The summed E-state index contributed by atoms with van der Waals surface area (Å²) in [6, 6.07) is 0. The molecule has 0 aromatic carbocycles. The number of carbonyl (C=O) groups is 1. The van der Waals surface area contributed by atoms with Crippen LogP contribution < -0.4 is 0 Å². The molecule has 0 aliphatic rings. The van der Waals surface area contributed by atoms with Crippen LogP contribution in [0.4, 0.5) is 0 Å². The molecule has 0 saturated heterocycles. The number of hydrogen-bond acceptors (Lipinski definition) is 1. The molecule has 0 spiro atoms. The van der Waals surface area contributed by atoms with Crippen LogP contribution in [0.15, 0.2) is 25.3 Å². The first kappa shape index (κ1) is 12.9. The topological polar surface area (TPSA) is 37.3 Å². The summed E-state index contributed by atoms with van der Waals surface area (Å²) in [5.41, 5.74) is -0.756. The largest absolute Gasteiger partial charge is 0.481 e. The monoisotopic (exact) mass is 196 g/mol. The molecule has 0 rings (SSSR count). The van der Waals surface area contributed by atoms with E-state index in [1.807, 2.05) is 6.08 Å². The fourth-order valence-corrected chi connectivity index (χ4v) is 1.25. The summed E-state index contributed by atoms with van der Waals surface area (Å²) in [6.07, 6.45) is 8.19. The number of hydrogen-bond donors (Lipinski definition) is 1. The third-order valence-electron chi connectivity index (χ3n) is 2.54. The molecule has 14 heavy (non-hydrogen) atoms.